The Morgan fingerprint density at radius 2 is 2.12 bits per heavy atom. The molecule has 0 aromatic carbocycles. The first-order chi connectivity index (χ1) is 7.61. The highest BCUT2D eigenvalue weighted by Crippen LogP contribution is 2.23. The Morgan fingerprint density at radius 3 is 2.69 bits per heavy atom. The van der Waals surface area contributed by atoms with Crippen LogP contribution in [0.4, 0.5) is 0 Å². The van der Waals surface area contributed by atoms with Gasteiger partial charge in [0.2, 0.25) is 5.91 Å². The van der Waals surface area contributed by atoms with Gasteiger partial charge in [0.15, 0.2) is 0 Å². The van der Waals surface area contributed by atoms with Crippen LogP contribution in [0.15, 0.2) is 0 Å². The van der Waals surface area contributed by atoms with E-state index in [1.807, 2.05) is 0 Å². The van der Waals surface area contributed by atoms with Gasteiger partial charge < -0.3 is 11.1 Å². The Kier molecular flexibility index (Phi) is 5.81. The van der Waals surface area contributed by atoms with Crippen LogP contribution < -0.4 is 11.1 Å². The van der Waals surface area contributed by atoms with Crippen molar-refractivity contribution in [3.63, 3.8) is 0 Å². The lowest BCUT2D eigenvalue weighted by molar-refractivity contribution is -0.125. The molecule has 0 aromatic rings. The van der Waals surface area contributed by atoms with Crippen LogP contribution in [0, 0.1) is 11.8 Å². The van der Waals surface area contributed by atoms with Crippen LogP contribution in [-0.2, 0) is 4.79 Å². The van der Waals surface area contributed by atoms with E-state index in [2.05, 4.69) is 19.2 Å². The Labute approximate surface area is 99.2 Å². The summed E-state index contributed by atoms with van der Waals surface area (Å²) in [6, 6.07) is 0.0932. The molecule has 1 fully saturated rings. The molecule has 94 valence electrons. The van der Waals surface area contributed by atoms with E-state index in [0.717, 1.165) is 38.1 Å². The van der Waals surface area contributed by atoms with Gasteiger partial charge in [0.05, 0.1) is 5.92 Å². The molecule has 0 saturated heterocycles. The summed E-state index contributed by atoms with van der Waals surface area (Å²) >= 11 is 0. The first kappa shape index (κ1) is 13.5. The maximum Gasteiger partial charge on any atom is 0.224 e. The lowest BCUT2D eigenvalue weighted by Gasteiger charge is -2.15. The first-order valence-electron chi connectivity index (χ1n) is 6.64. The van der Waals surface area contributed by atoms with Gasteiger partial charge in [-0.2, -0.15) is 0 Å². The number of amides is 1. The van der Waals surface area contributed by atoms with E-state index in [-0.39, 0.29) is 17.9 Å². The van der Waals surface area contributed by atoms with Crippen molar-refractivity contribution in [2.45, 2.75) is 58.4 Å². The topological polar surface area (TPSA) is 55.1 Å². The number of nitrogens with one attached hydrogen (secondary N) is 1. The predicted molar refractivity (Wildman–Crippen MR) is 67.0 cm³/mol. The third kappa shape index (κ3) is 4.52. The number of hydrogen-bond acceptors (Lipinski definition) is 2. The van der Waals surface area contributed by atoms with Gasteiger partial charge in [-0.15, -0.1) is 0 Å². The third-order valence-corrected chi connectivity index (χ3v) is 3.41. The second-order valence-corrected chi connectivity index (χ2v) is 5.38. The maximum atomic E-state index is 11.8. The zero-order valence-electron chi connectivity index (χ0n) is 10.7. The lowest BCUT2D eigenvalue weighted by Crippen LogP contribution is -2.38. The van der Waals surface area contributed by atoms with E-state index < -0.39 is 0 Å². The van der Waals surface area contributed by atoms with Crippen molar-refractivity contribution >= 4 is 5.91 Å². The summed E-state index contributed by atoms with van der Waals surface area (Å²) in [5.41, 5.74) is 5.89. The highest BCUT2D eigenvalue weighted by molar-refractivity contribution is 5.79. The van der Waals surface area contributed by atoms with Crippen LogP contribution >= 0.6 is 0 Å². The van der Waals surface area contributed by atoms with Gasteiger partial charge in [-0.25, -0.2) is 0 Å². The standard InChI is InChI=1S/C13H26N2O/c1-10(2)6-3-4-9-15-13(16)11-7-5-8-12(11)14/h10-12H,3-9,14H2,1-2H3,(H,15,16). The zero-order chi connectivity index (χ0) is 12.0. The molecule has 0 aromatic heterocycles. The fraction of sp³-hybridized carbons (Fsp3) is 0.923. The fourth-order valence-electron chi connectivity index (χ4n) is 2.33. The molecule has 3 N–H and O–H groups in total. The maximum absolute atomic E-state index is 11.8. The SMILES string of the molecule is CC(C)CCCCNC(=O)C1CCCC1N. The van der Waals surface area contributed by atoms with Crippen molar-refractivity contribution in [1.82, 2.24) is 5.32 Å². The summed E-state index contributed by atoms with van der Waals surface area (Å²) in [5, 5.41) is 3.01. The molecular weight excluding hydrogens is 200 g/mol. The van der Waals surface area contributed by atoms with E-state index in [9.17, 15) is 4.79 Å². The van der Waals surface area contributed by atoms with Gasteiger partial charge in [-0.05, 0) is 25.2 Å². The minimum absolute atomic E-state index is 0.0742. The molecule has 0 heterocycles. The van der Waals surface area contributed by atoms with Crippen LogP contribution in [0.1, 0.15) is 52.4 Å². The Balaban J connectivity index is 2.06. The molecule has 3 nitrogen and oxygen atoms in total. The molecule has 3 heteroatoms. The van der Waals surface area contributed by atoms with E-state index in [0.29, 0.717) is 0 Å². The molecule has 1 rings (SSSR count). The predicted octanol–water partition coefficient (Wildman–Crippen LogP) is 2.06. The zero-order valence-corrected chi connectivity index (χ0v) is 10.7. The summed E-state index contributed by atoms with van der Waals surface area (Å²) in [4.78, 5) is 11.8. The van der Waals surface area contributed by atoms with Gasteiger partial charge in [0.25, 0.3) is 0 Å². The quantitative estimate of drug-likeness (QED) is 0.681. The number of rotatable bonds is 6. The normalized spacial score (nSPS) is 25.0. The number of unbranched alkanes of at least 4 members (excludes halogenated alkanes) is 1. The van der Waals surface area contributed by atoms with Crippen molar-refractivity contribution < 1.29 is 4.79 Å². The minimum atomic E-state index is 0.0742. The average molecular weight is 226 g/mol. The third-order valence-electron chi connectivity index (χ3n) is 3.41. The molecule has 2 atom stereocenters. The van der Waals surface area contributed by atoms with Crippen LogP contribution in [0.2, 0.25) is 0 Å². The molecule has 1 aliphatic carbocycles. The molecule has 0 spiro atoms. The molecular formula is C13H26N2O. The van der Waals surface area contributed by atoms with E-state index in [1.54, 1.807) is 0 Å². The van der Waals surface area contributed by atoms with Gasteiger partial charge in [-0.3, -0.25) is 4.79 Å². The van der Waals surface area contributed by atoms with Crippen molar-refractivity contribution in [1.29, 1.82) is 0 Å². The smallest absolute Gasteiger partial charge is 0.224 e. The number of carbonyl (C=O) groups is 1. The van der Waals surface area contributed by atoms with E-state index >= 15 is 0 Å². The molecule has 1 amide bonds. The van der Waals surface area contributed by atoms with Crippen molar-refractivity contribution in [3.05, 3.63) is 0 Å². The molecule has 2 unspecified atom stereocenters. The summed E-state index contributed by atoms with van der Waals surface area (Å²) in [6.07, 6.45) is 6.62. The number of carbonyl (C=O) groups excluding carboxylic acids is 1. The first-order valence-corrected chi connectivity index (χ1v) is 6.64. The highest BCUT2D eigenvalue weighted by Gasteiger charge is 2.29. The van der Waals surface area contributed by atoms with E-state index in [1.165, 1.54) is 12.8 Å². The van der Waals surface area contributed by atoms with Gasteiger partial charge in [0, 0.05) is 12.6 Å². The minimum Gasteiger partial charge on any atom is -0.356 e. The largest absolute Gasteiger partial charge is 0.356 e. The lowest BCUT2D eigenvalue weighted by atomic mass is 10.0. The average Bonchev–Trinajstić information content (AvgIpc) is 2.63. The molecule has 1 aliphatic rings. The van der Waals surface area contributed by atoms with Gasteiger partial charge in [-0.1, -0.05) is 33.1 Å². The van der Waals surface area contributed by atoms with Crippen LogP contribution in [0.25, 0.3) is 0 Å². The van der Waals surface area contributed by atoms with E-state index in [4.69, 9.17) is 5.73 Å². The second kappa shape index (κ2) is 6.89. The molecule has 0 aliphatic heterocycles. The monoisotopic (exact) mass is 226 g/mol. The molecule has 16 heavy (non-hydrogen) atoms. The summed E-state index contributed by atoms with van der Waals surface area (Å²) in [6.45, 7) is 5.28. The Hall–Kier alpha value is -0.570. The second-order valence-electron chi connectivity index (χ2n) is 5.38. The van der Waals surface area contributed by atoms with Crippen LogP contribution in [-0.4, -0.2) is 18.5 Å². The summed E-state index contributed by atoms with van der Waals surface area (Å²) < 4.78 is 0. The number of nitrogens with two attached hydrogens (primary N) is 1. The van der Waals surface area contributed by atoms with Crippen molar-refractivity contribution in [3.8, 4) is 0 Å². The molecule has 0 radical (unpaired) electrons. The summed E-state index contributed by atoms with van der Waals surface area (Å²) in [7, 11) is 0. The molecule has 1 saturated carbocycles. The van der Waals surface area contributed by atoms with Gasteiger partial charge >= 0.3 is 0 Å². The Bertz CT molecular complexity index is 216. The van der Waals surface area contributed by atoms with Gasteiger partial charge in [0.1, 0.15) is 0 Å². The van der Waals surface area contributed by atoms with Crippen molar-refractivity contribution in [2.75, 3.05) is 6.54 Å². The molecule has 0 bridgehead atoms. The van der Waals surface area contributed by atoms with Crippen molar-refractivity contribution in [2.24, 2.45) is 17.6 Å². The van der Waals surface area contributed by atoms with Crippen LogP contribution in [0.3, 0.4) is 0 Å². The fourth-order valence-corrected chi connectivity index (χ4v) is 2.33. The summed E-state index contributed by atoms with van der Waals surface area (Å²) in [5.74, 6) is 1.01. The van der Waals surface area contributed by atoms with Crippen LogP contribution in [0.5, 0.6) is 0 Å². The Morgan fingerprint density at radius 1 is 1.38 bits per heavy atom. The number of hydrogen-bond donors (Lipinski definition) is 2. The highest BCUT2D eigenvalue weighted by atomic mass is 16.1.